The first kappa shape index (κ1) is 13.5. The molecule has 1 aliphatic carbocycles. The molecule has 0 N–H and O–H groups in total. The van der Waals surface area contributed by atoms with Gasteiger partial charge in [0.15, 0.2) is 0 Å². The average Bonchev–Trinajstić information content (AvgIpc) is 1.98. The SMILES string of the molecule is CC1=CC[C]([Hf+2])=C1C.[Cl-].[Cl-]. The zero-order chi connectivity index (χ0) is 6.15. The molecular formula is C7H9Cl2Hf. The molecule has 0 aliphatic heterocycles. The summed E-state index contributed by atoms with van der Waals surface area (Å²) in [5, 5.41) is 0. The van der Waals surface area contributed by atoms with Crippen molar-refractivity contribution in [2.75, 3.05) is 0 Å². The van der Waals surface area contributed by atoms with Crippen LogP contribution in [0.5, 0.6) is 0 Å². The van der Waals surface area contributed by atoms with Crippen LogP contribution in [-0.4, -0.2) is 0 Å². The molecule has 0 aromatic carbocycles. The summed E-state index contributed by atoms with van der Waals surface area (Å²) in [4.78, 5) is 0. The Kier molecular flexibility index (Phi) is 7.52. The third kappa shape index (κ3) is 2.89. The van der Waals surface area contributed by atoms with E-state index in [1.54, 1.807) is 8.90 Å². The summed E-state index contributed by atoms with van der Waals surface area (Å²) in [6.45, 7) is 4.42. The van der Waals surface area contributed by atoms with Crippen molar-refractivity contribution in [3.05, 3.63) is 20.6 Å². The van der Waals surface area contributed by atoms with Crippen molar-refractivity contribution >= 4 is 0 Å². The van der Waals surface area contributed by atoms with E-state index in [1.165, 1.54) is 36.4 Å². The van der Waals surface area contributed by atoms with Crippen LogP contribution < -0.4 is 24.8 Å². The Morgan fingerprint density at radius 2 is 1.80 bits per heavy atom. The van der Waals surface area contributed by atoms with Gasteiger partial charge in [0.05, 0.1) is 0 Å². The van der Waals surface area contributed by atoms with Gasteiger partial charge in [-0.05, 0) is 0 Å². The number of allylic oxidation sites excluding steroid dienone is 4. The monoisotopic (exact) mass is 343 g/mol. The molecule has 1 rings (SSSR count). The van der Waals surface area contributed by atoms with Crippen LogP contribution in [0.4, 0.5) is 0 Å². The van der Waals surface area contributed by atoms with Crippen LogP contribution in [-0.2, 0) is 24.4 Å². The van der Waals surface area contributed by atoms with E-state index in [0.717, 1.165) is 0 Å². The molecule has 0 nitrogen and oxygen atoms in total. The molecule has 0 aromatic rings. The number of hydrogen-bond acceptors (Lipinski definition) is 0. The molecule has 10 heavy (non-hydrogen) atoms. The van der Waals surface area contributed by atoms with Gasteiger partial charge in [-0.3, -0.25) is 0 Å². The molecule has 0 amide bonds. The van der Waals surface area contributed by atoms with E-state index in [9.17, 15) is 0 Å². The predicted octanol–water partition coefficient (Wildman–Crippen LogP) is -3.83. The maximum absolute atomic E-state index is 2.32. The Labute approximate surface area is 89.5 Å². The summed E-state index contributed by atoms with van der Waals surface area (Å²) >= 11 is 1.25. The van der Waals surface area contributed by atoms with Crippen molar-refractivity contribution in [1.29, 1.82) is 0 Å². The Bertz CT molecular complexity index is 165. The van der Waals surface area contributed by atoms with Gasteiger partial charge >= 0.3 is 65.2 Å². The van der Waals surface area contributed by atoms with Gasteiger partial charge in [-0.2, -0.15) is 0 Å². The van der Waals surface area contributed by atoms with E-state index in [2.05, 4.69) is 19.9 Å². The van der Waals surface area contributed by atoms with Crippen molar-refractivity contribution in [3.63, 3.8) is 0 Å². The Morgan fingerprint density at radius 3 is 1.90 bits per heavy atom. The van der Waals surface area contributed by atoms with Crippen LogP contribution >= 0.6 is 0 Å². The summed E-state index contributed by atoms with van der Waals surface area (Å²) in [6.07, 6.45) is 3.56. The van der Waals surface area contributed by atoms with Gasteiger partial charge in [0.1, 0.15) is 0 Å². The van der Waals surface area contributed by atoms with Crippen molar-refractivity contribution in [2.45, 2.75) is 20.3 Å². The molecule has 0 aromatic heterocycles. The molecule has 0 heterocycles. The normalized spacial score (nSPS) is 15.8. The minimum atomic E-state index is 0. The van der Waals surface area contributed by atoms with Gasteiger partial charge in [-0.25, -0.2) is 0 Å². The smallest absolute Gasteiger partial charge is 1.00 e. The topological polar surface area (TPSA) is 0 Å². The Morgan fingerprint density at radius 1 is 1.30 bits per heavy atom. The summed E-state index contributed by atoms with van der Waals surface area (Å²) in [5.41, 5.74) is 3.05. The first-order valence-electron chi connectivity index (χ1n) is 2.80. The summed E-state index contributed by atoms with van der Waals surface area (Å²) in [7, 11) is 0. The second-order valence-electron chi connectivity index (χ2n) is 2.19. The predicted molar refractivity (Wildman–Crippen MR) is 31.1 cm³/mol. The summed E-state index contributed by atoms with van der Waals surface area (Å²) in [6, 6.07) is 0. The summed E-state index contributed by atoms with van der Waals surface area (Å²) in [5.74, 6) is 0. The van der Waals surface area contributed by atoms with E-state index in [0.29, 0.717) is 0 Å². The third-order valence-electron chi connectivity index (χ3n) is 1.66. The molecule has 0 fully saturated rings. The first-order valence-corrected chi connectivity index (χ1v) is 4.60. The fourth-order valence-electron chi connectivity index (χ4n) is 0.799. The van der Waals surface area contributed by atoms with Gasteiger partial charge in [-0.1, -0.05) is 0 Å². The quantitative estimate of drug-likeness (QED) is 0.396. The standard InChI is InChI=1S/C7H9.2ClH.Hf/c1-6-4-3-5-7(6)2;;;/h4H,3H2,1-2H3;2*1H;/q;;;+2/p-2. The Hall–Kier alpha value is 0.930. The molecule has 0 spiro atoms. The van der Waals surface area contributed by atoms with Crippen molar-refractivity contribution in [1.82, 2.24) is 0 Å². The first-order chi connectivity index (χ1) is 3.72. The minimum Gasteiger partial charge on any atom is -1.00 e. The zero-order valence-electron chi connectivity index (χ0n) is 6.04. The van der Waals surface area contributed by atoms with E-state index in [-0.39, 0.29) is 24.8 Å². The van der Waals surface area contributed by atoms with Crippen LogP contribution in [0.1, 0.15) is 20.3 Å². The fraction of sp³-hybridized carbons (Fsp3) is 0.429. The number of hydrogen-bond donors (Lipinski definition) is 0. The molecule has 0 bridgehead atoms. The van der Waals surface area contributed by atoms with E-state index in [4.69, 9.17) is 0 Å². The third-order valence-corrected chi connectivity index (χ3v) is 3.74. The molecule has 0 radical (unpaired) electrons. The molecule has 1 aliphatic rings. The maximum atomic E-state index is 2.32. The van der Waals surface area contributed by atoms with Crippen LogP contribution in [0.15, 0.2) is 20.6 Å². The average molecular weight is 343 g/mol. The molecule has 0 atom stereocenters. The number of halogens is 2. The fourth-order valence-corrected chi connectivity index (χ4v) is 1.87. The van der Waals surface area contributed by atoms with Gasteiger partial charge in [-0.15, -0.1) is 0 Å². The maximum Gasteiger partial charge on any atom is -1.00 e. The van der Waals surface area contributed by atoms with E-state index < -0.39 is 0 Å². The van der Waals surface area contributed by atoms with Crippen molar-refractivity contribution in [3.8, 4) is 0 Å². The van der Waals surface area contributed by atoms with Crippen molar-refractivity contribution < 1.29 is 49.2 Å². The second kappa shape index (κ2) is 5.56. The van der Waals surface area contributed by atoms with Gasteiger partial charge in [0.25, 0.3) is 0 Å². The van der Waals surface area contributed by atoms with Gasteiger partial charge in [0, 0.05) is 0 Å². The van der Waals surface area contributed by atoms with Gasteiger partial charge in [0.2, 0.25) is 0 Å². The van der Waals surface area contributed by atoms with Gasteiger partial charge < -0.3 is 24.8 Å². The molecule has 0 saturated heterocycles. The van der Waals surface area contributed by atoms with E-state index >= 15 is 0 Å². The van der Waals surface area contributed by atoms with E-state index in [1.807, 2.05) is 0 Å². The number of rotatable bonds is 0. The molecule has 3 heteroatoms. The molecule has 0 saturated carbocycles. The largest absolute Gasteiger partial charge is 1.00 e. The Balaban J connectivity index is 0. The van der Waals surface area contributed by atoms with Crippen LogP contribution in [0.25, 0.3) is 0 Å². The van der Waals surface area contributed by atoms with Crippen LogP contribution in [0, 0.1) is 0 Å². The molecule has 55 valence electrons. The zero-order valence-corrected chi connectivity index (χ0v) is 11.1. The minimum absolute atomic E-state index is 0. The van der Waals surface area contributed by atoms with Crippen molar-refractivity contribution in [2.24, 2.45) is 0 Å². The van der Waals surface area contributed by atoms with Crippen LogP contribution in [0.2, 0.25) is 0 Å². The molecule has 0 unspecified atom stereocenters. The van der Waals surface area contributed by atoms with Crippen LogP contribution in [0.3, 0.4) is 0 Å². The second-order valence-corrected chi connectivity index (χ2v) is 4.36. The molecular weight excluding hydrogens is 333 g/mol. The summed E-state index contributed by atoms with van der Waals surface area (Å²) < 4.78 is 1.67.